The summed E-state index contributed by atoms with van der Waals surface area (Å²) in [4.78, 5) is 11.7. The Morgan fingerprint density at radius 3 is 2.87 bits per heavy atom. The maximum absolute atomic E-state index is 11.7. The van der Waals surface area contributed by atoms with Crippen molar-refractivity contribution in [3.05, 3.63) is 29.5 Å². The predicted molar refractivity (Wildman–Crippen MR) is 60.0 cm³/mol. The molecule has 3 heteroatoms. The standard InChI is InChI=1S/C12H13NO2/c1-3-10(14)11-7(2)15-12-8(11)5-4-6-9(12)13/h4-6H,3,13H2,1-2H3. The van der Waals surface area contributed by atoms with Gasteiger partial charge in [-0.2, -0.15) is 0 Å². The van der Waals surface area contributed by atoms with Crippen LogP contribution in [-0.4, -0.2) is 5.78 Å². The first-order chi connectivity index (χ1) is 7.15. The lowest BCUT2D eigenvalue weighted by atomic mass is 10.0. The smallest absolute Gasteiger partial charge is 0.166 e. The molecule has 0 bridgehead atoms. The molecule has 0 aliphatic heterocycles. The maximum Gasteiger partial charge on any atom is 0.166 e. The highest BCUT2D eigenvalue weighted by molar-refractivity contribution is 6.10. The number of aryl methyl sites for hydroxylation is 1. The molecule has 1 aromatic carbocycles. The van der Waals surface area contributed by atoms with Crippen molar-refractivity contribution >= 4 is 22.4 Å². The van der Waals surface area contributed by atoms with Crippen molar-refractivity contribution < 1.29 is 9.21 Å². The Kier molecular flexibility index (Phi) is 2.23. The summed E-state index contributed by atoms with van der Waals surface area (Å²) in [5.41, 5.74) is 7.63. The Bertz CT molecular complexity index is 526. The highest BCUT2D eigenvalue weighted by Gasteiger charge is 2.17. The number of furan rings is 1. The number of fused-ring (bicyclic) bond motifs is 1. The van der Waals surface area contributed by atoms with Gasteiger partial charge >= 0.3 is 0 Å². The van der Waals surface area contributed by atoms with E-state index in [4.69, 9.17) is 10.2 Å². The van der Waals surface area contributed by atoms with Crippen LogP contribution >= 0.6 is 0 Å². The monoisotopic (exact) mass is 203 g/mol. The van der Waals surface area contributed by atoms with Gasteiger partial charge in [-0.1, -0.05) is 19.1 Å². The Labute approximate surface area is 87.9 Å². The molecule has 2 N–H and O–H groups in total. The topological polar surface area (TPSA) is 56.2 Å². The summed E-state index contributed by atoms with van der Waals surface area (Å²) >= 11 is 0. The average Bonchev–Trinajstić information content (AvgIpc) is 2.55. The molecule has 0 fully saturated rings. The van der Waals surface area contributed by atoms with Gasteiger partial charge in [-0.05, 0) is 13.0 Å². The molecule has 15 heavy (non-hydrogen) atoms. The van der Waals surface area contributed by atoms with Gasteiger partial charge in [0.1, 0.15) is 5.76 Å². The summed E-state index contributed by atoms with van der Waals surface area (Å²) < 4.78 is 5.51. The van der Waals surface area contributed by atoms with Crippen molar-refractivity contribution in [2.24, 2.45) is 0 Å². The van der Waals surface area contributed by atoms with Crippen LogP contribution in [0.5, 0.6) is 0 Å². The summed E-state index contributed by atoms with van der Waals surface area (Å²) in [6.45, 7) is 3.63. The zero-order chi connectivity index (χ0) is 11.0. The number of anilines is 1. The minimum Gasteiger partial charge on any atom is -0.458 e. The van der Waals surface area contributed by atoms with E-state index in [1.807, 2.05) is 19.1 Å². The van der Waals surface area contributed by atoms with Crippen molar-refractivity contribution in [1.29, 1.82) is 0 Å². The zero-order valence-electron chi connectivity index (χ0n) is 8.83. The third kappa shape index (κ3) is 1.40. The van der Waals surface area contributed by atoms with E-state index in [1.165, 1.54) is 0 Å². The fourth-order valence-electron chi connectivity index (χ4n) is 1.78. The van der Waals surface area contributed by atoms with Gasteiger partial charge in [-0.15, -0.1) is 0 Å². The van der Waals surface area contributed by atoms with Crippen molar-refractivity contribution in [2.75, 3.05) is 5.73 Å². The second-order valence-electron chi connectivity index (χ2n) is 3.53. The van der Waals surface area contributed by atoms with Gasteiger partial charge < -0.3 is 10.2 Å². The van der Waals surface area contributed by atoms with Gasteiger partial charge in [0.2, 0.25) is 0 Å². The number of nitrogens with two attached hydrogens (primary N) is 1. The molecule has 0 spiro atoms. The van der Waals surface area contributed by atoms with Crippen molar-refractivity contribution in [3.63, 3.8) is 0 Å². The van der Waals surface area contributed by atoms with Crippen LogP contribution in [-0.2, 0) is 0 Å². The number of Topliss-reactive ketones (excluding diaryl/α,β-unsaturated/α-hetero) is 1. The van der Waals surface area contributed by atoms with Crippen LogP contribution in [0.3, 0.4) is 0 Å². The molecule has 2 rings (SSSR count). The Morgan fingerprint density at radius 2 is 2.20 bits per heavy atom. The van der Waals surface area contributed by atoms with Gasteiger partial charge in [0.05, 0.1) is 11.3 Å². The quantitative estimate of drug-likeness (QED) is 0.603. The molecule has 1 heterocycles. The largest absolute Gasteiger partial charge is 0.458 e. The minimum atomic E-state index is 0.0943. The van der Waals surface area contributed by atoms with Gasteiger partial charge in [0.25, 0.3) is 0 Å². The van der Waals surface area contributed by atoms with E-state index >= 15 is 0 Å². The van der Waals surface area contributed by atoms with Crippen molar-refractivity contribution in [3.8, 4) is 0 Å². The summed E-state index contributed by atoms with van der Waals surface area (Å²) in [5, 5.41) is 0.819. The SMILES string of the molecule is CCC(=O)c1c(C)oc2c(N)cccc12. The number of ketones is 1. The van der Waals surface area contributed by atoms with Crippen LogP contribution in [0.1, 0.15) is 29.5 Å². The lowest BCUT2D eigenvalue weighted by molar-refractivity contribution is 0.0988. The van der Waals surface area contributed by atoms with Crippen LogP contribution in [0.25, 0.3) is 11.0 Å². The van der Waals surface area contributed by atoms with E-state index < -0.39 is 0 Å². The van der Waals surface area contributed by atoms with Gasteiger partial charge in [0.15, 0.2) is 11.4 Å². The summed E-state index contributed by atoms with van der Waals surface area (Å²) in [7, 11) is 0. The summed E-state index contributed by atoms with van der Waals surface area (Å²) in [6.07, 6.45) is 0.476. The number of benzene rings is 1. The fourth-order valence-corrected chi connectivity index (χ4v) is 1.78. The van der Waals surface area contributed by atoms with E-state index in [9.17, 15) is 4.79 Å². The Morgan fingerprint density at radius 1 is 1.47 bits per heavy atom. The van der Waals surface area contributed by atoms with Gasteiger partial charge in [-0.25, -0.2) is 0 Å². The lowest BCUT2D eigenvalue weighted by Gasteiger charge is -1.95. The number of rotatable bonds is 2. The van der Waals surface area contributed by atoms with Crippen LogP contribution in [0.15, 0.2) is 22.6 Å². The normalized spacial score (nSPS) is 10.8. The van der Waals surface area contributed by atoms with Crippen molar-refractivity contribution in [1.82, 2.24) is 0 Å². The van der Waals surface area contributed by atoms with E-state index in [1.54, 1.807) is 13.0 Å². The second kappa shape index (κ2) is 3.42. The number of nitrogen functional groups attached to an aromatic ring is 1. The predicted octanol–water partition coefficient (Wildman–Crippen LogP) is 2.92. The average molecular weight is 203 g/mol. The number of hydrogen-bond acceptors (Lipinski definition) is 3. The first-order valence-electron chi connectivity index (χ1n) is 4.96. The molecule has 1 aromatic heterocycles. The van der Waals surface area contributed by atoms with Gasteiger partial charge in [0, 0.05) is 11.8 Å². The van der Waals surface area contributed by atoms with Crippen LogP contribution in [0.2, 0.25) is 0 Å². The van der Waals surface area contributed by atoms with E-state index in [0.717, 1.165) is 5.39 Å². The molecular weight excluding hydrogens is 190 g/mol. The number of hydrogen-bond donors (Lipinski definition) is 1. The summed E-state index contributed by atoms with van der Waals surface area (Å²) in [6, 6.07) is 5.47. The van der Waals surface area contributed by atoms with E-state index in [0.29, 0.717) is 29.0 Å². The highest BCUT2D eigenvalue weighted by atomic mass is 16.3. The van der Waals surface area contributed by atoms with Crippen LogP contribution < -0.4 is 5.73 Å². The molecule has 0 aliphatic carbocycles. The molecule has 0 saturated carbocycles. The van der Waals surface area contributed by atoms with E-state index in [-0.39, 0.29) is 5.78 Å². The molecular formula is C12H13NO2. The molecule has 0 unspecified atom stereocenters. The van der Waals surface area contributed by atoms with E-state index in [2.05, 4.69) is 0 Å². The first kappa shape index (κ1) is 9.77. The zero-order valence-corrected chi connectivity index (χ0v) is 8.83. The Balaban J connectivity index is 2.79. The molecule has 0 atom stereocenters. The first-order valence-corrected chi connectivity index (χ1v) is 4.96. The molecule has 0 aliphatic rings. The molecule has 0 saturated heterocycles. The number of carbonyl (C=O) groups excluding carboxylic acids is 1. The van der Waals surface area contributed by atoms with Crippen LogP contribution in [0, 0.1) is 6.92 Å². The number of para-hydroxylation sites is 1. The molecule has 3 nitrogen and oxygen atoms in total. The lowest BCUT2D eigenvalue weighted by Crippen LogP contribution is -1.97. The molecule has 78 valence electrons. The highest BCUT2D eigenvalue weighted by Crippen LogP contribution is 2.30. The van der Waals surface area contributed by atoms with Crippen LogP contribution in [0.4, 0.5) is 5.69 Å². The second-order valence-corrected chi connectivity index (χ2v) is 3.53. The Hall–Kier alpha value is -1.77. The third-order valence-electron chi connectivity index (χ3n) is 2.52. The molecule has 0 radical (unpaired) electrons. The maximum atomic E-state index is 11.7. The minimum absolute atomic E-state index is 0.0943. The summed E-state index contributed by atoms with van der Waals surface area (Å²) in [5.74, 6) is 0.742. The third-order valence-corrected chi connectivity index (χ3v) is 2.52. The fraction of sp³-hybridized carbons (Fsp3) is 0.250. The number of carbonyl (C=O) groups is 1. The molecule has 0 amide bonds. The van der Waals surface area contributed by atoms with Gasteiger partial charge in [-0.3, -0.25) is 4.79 Å². The van der Waals surface area contributed by atoms with Crippen molar-refractivity contribution in [2.45, 2.75) is 20.3 Å². The molecule has 2 aromatic rings.